The Labute approximate surface area is 252 Å². The molecule has 0 amide bonds. The van der Waals surface area contributed by atoms with E-state index in [4.69, 9.17) is 0 Å². The van der Waals surface area contributed by atoms with E-state index >= 15 is 0 Å². The van der Waals surface area contributed by atoms with Crippen LogP contribution >= 0.6 is 0 Å². The van der Waals surface area contributed by atoms with Crippen molar-refractivity contribution in [1.82, 2.24) is 0 Å². The van der Waals surface area contributed by atoms with E-state index in [-0.39, 0.29) is 22.3 Å². The molecule has 0 heteroatoms. The van der Waals surface area contributed by atoms with Crippen molar-refractivity contribution in [2.24, 2.45) is 5.92 Å². The van der Waals surface area contributed by atoms with Gasteiger partial charge in [-0.1, -0.05) is 208 Å². The lowest BCUT2D eigenvalue weighted by atomic mass is 9.82. The van der Waals surface area contributed by atoms with E-state index in [1.165, 1.54) is 28.3 Å². The van der Waals surface area contributed by atoms with E-state index in [0.29, 0.717) is 10.8 Å². The monoisotopic (exact) mass is 547 g/mol. The fourth-order valence-electron chi connectivity index (χ4n) is 3.16. The van der Waals surface area contributed by atoms with Crippen molar-refractivity contribution in [3.8, 4) is 0 Å². The third-order valence-electron chi connectivity index (χ3n) is 5.74. The van der Waals surface area contributed by atoms with Gasteiger partial charge in [-0.15, -0.1) is 0 Å². The van der Waals surface area contributed by atoms with Crippen LogP contribution in [0.4, 0.5) is 0 Å². The van der Waals surface area contributed by atoms with Crippen LogP contribution in [-0.2, 0) is 10.8 Å². The van der Waals surface area contributed by atoms with Crippen molar-refractivity contribution in [2.75, 3.05) is 0 Å². The molecule has 4 aromatic rings. The van der Waals surface area contributed by atoms with E-state index in [9.17, 15) is 0 Å². The highest BCUT2D eigenvalue weighted by atomic mass is 14.2. The molecule has 4 aromatic carbocycles. The second-order valence-corrected chi connectivity index (χ2v) is 11.3. The Morgan fingerprint density at radius 1 is 0.475 bits per heavy atom. The Morgan fingerprint density at radius 3 is 0.950 bits per heavy atom. The van der Waals surface area contributed by atoms with Gasteiger partial charge in [-0.2, -0.15) is 0 Å². The van der Waals surface area contributed by atoms with Gasteiger partial charge in [-0.05, 0) is 45.1 Å². The lowest BCUT2D eigenvalue weighted by molar-refractivity contribution is 0.506. The molecule has 0 N–H and O–H groups in total. The first-order chi connectivity index (χ1) is 17.5. The summed E-state index contributed by atoms with van der Waals surface area (Å²) in [5.74, 6) is 0.833. The van der Waals surface area contributed by atoms with Crippen molar-refractivity contribution >= 4 is 10.8 Å². The summed E-state index contributed by atoms with van der Waals surface area (Å²) < 4.78 is 0. The molecular weight excluding hydrogens is 480 g/mol. The first-order valence-electron chi connectivity index (χ1n) is 14.0. The molecule has 0 aliphatic heterocycles. The third kappa shape index (κ3) is 19.2. The normalized spacial score (nSPS) is 9.60. The van der Waals surface area contributed by atoms with Crippen LogP contribution in [0.5, 0.6) is 0 Å². The van der Waals surface area contributed by atoms with Gasteiger partial charge in [-0.3, -0.25) is 0 Å². The molecule has 0 aliphatic rings. The van der Waals surface area contributed by atoms with Crippen molar-refractivity contribution in [3.63, 3.8) is 0 Å². The van der Waals surface area contributed by atoms with Gasteiger partial charge in [0.15, 0.2) is 0 Å². The minimum atomic E-state index is 0. The van der Waals surface area contributed by atoms with E-state index in [2.05, 4.69) is 172 Å². The zero-order valence-electron chi connectivity index (χ0n) is 25.7. The summed E-state index contributed by atoms with van der Waals surface area (Å²) in [6.45, 7) is 24.0. The molecule has 0 fully saturated rings. The van der Waals surface area contributed by atoms with E-state index in [1.807, 2.05) is 13.8 Å². The zero-order valence-corrected chi connectivity index (χ0v) is 25.7. The molecule has 0 radical (unpaired) electrons. The number of rotatable bonds is 2. The zero-order chi connectivity index (χ0) is 28.3. The lowest BCUT2D eigenvalue weighted by Crippen LogP contribution is -2.14. The maximum absolute atomic E-state index is 2.28. The Bertz CT molecular complexity index is 983. The Hall–Kier alpha value is -2.86. The van der Waals surface area contributed by atoms with E-state index in [0.717, 1.165) is 5.92 Å². The van der Waals surface area contributed by atoms with Crippen molar-refractivity contribution in [3.05, 3.63) is 120 Å². The maximum atomic E-state index is 2.28. The molecule has 0 nitrogen and oxygen atoms in total. The smallest absolute Gasteiger partial charge is 0.0106 e. The molecule has 0 atom stereocenters. The molecule has 0 saturated heterocycles. The molecule has 40 heavy (non-hydrogen) atoms. The van der Waals surface area contributed by atoms with Gasteiger partial charge < -0.3 is 0 Å². The van der Waals surface area contributed by atoms with Gasteiger partial charge in [0.1, 0.15) is 0 Å². The van der Waals surface area contributed by atoms with Crippen LogP contribution in [0.3, 0.4) is 0 Å². The average Bonchev–Trinajstić information content (AvgIpc) is 2.91. The van der Waals surface area contributed by atoms with Gasteiger partial charge in [0.2, 0.25) is 0 Å². The summed E-state index contributed by atoms with van der Waals surface area (Å²) in [5, 5.41) is 2.62. The van der Waals surface area contributed by atoms with Crippen LogP contribution < -0.4 is 0 Å². The largest absolute Gasteiger partial charge is 0.0776 e. The Kier molecular flexibility index (Phi) is 26.5. The highest BCUT2D eigenvalue weighted by Gasteiger charge is 2.16. The summed E-state index contributed by atoms with van der Waals surface area (Å²) in [6, 6.07) is 37.9. The predicted octanol–water partition coefficient (Wildman–Crippen LogP) is 13.8. The fourth-order valence-corrected chi connectivity index (χ4v) is 3.16. The summed E-state index contributed by atoms with van der Waals surface area (Å²) >= 11 is 0. The van der Waals surface area contributed by atoms with Crippen molar-refractivity contribution < 1.29 is 0 Å². The number of hydrogen-bond acceptors (Lipinski definition) is 0. The van der Waals surface area contributed by atoms with Crippen LogP contribution in [0.25, 0.3) is 10.8 Å². The Morgan fingerprint density at radius 2 is 0.725 bits per heavy atom. The summed E-state index contributed by atoms with van der Waals surface area (Å²) in [5.41, 5.74) is 3.46. The number of fused-ring (bicyclic) bond motifs is 1. The summed E-state index contributed by atoms with van der Waals surface area (Å²) in [4.78, 5) is 0. The molecular formula is C40H66. The van der Waals surface area contributed by atoms with E-state index in [1.54, 1.807) is 0 Å². The van der Waals surface area contributed by atoms with Crippen molar-refractivity contribution in [2.45, 2.75) is 116 Å². The van der Waals surface area contributed by atoms with E-state index < -0.39 is 0 Å². The molecule has 0 aromatic heterocycles. The minimum absolute atomic E-state index is 0. The number of benzene rings is 4. The molecule has 0 spiro atoms. The van der Waals surface area contributed by atoms with Gasteiger partial charge in [0.05, 0.1) is 0 Å². The molecule has 0 heterocycles. The first-order valence-corrected chi connectivity index (χ1v) is 14.0. The van der Waals surface area contributed by atoms with Gasteiger partial charge in [0, 0.05) is 0 Å². The average molecular weight is 547 g/mol. The standard InChI is InChI=1S/C11H16.C10H8.C10H14.C4H10.C2H6.3CH4/c1-4-11(2,3)10-8-6-5-7-9-10;1-2-6-10-8-4-3-7-9(10)5-1;1-10(2,3)9-7-5-4-6-8-9;1-4(2)3;1-2;;;/h5-9H,4H2,1-3H3;1-8H;4-8H,1-3H3;4H,1-3H3;1-2H3;3*1H4. The quantitative estimate of drug-likeness (QED) is 0.234. The lowest BCUT2D eigenvalue weighted by Gasteiger charge is -2.22. The second-order valence-electron chi connectivity index (χ2n) is 11.3. The van der Waals surface area contributed by atoms with Crippen LogP contribution in [0.1, 0.15) is 116 Å². The van der Waals surface area contributed by atoms with Gasteiger partial charge in [-0.25, -0.2) is 0 Å². The molecule has 0 saturated carbocycles. The maximum Gasteiger partial charge on any atom is -0.0106 e. The topological polar surface area (TPSA) is 0 Å². The highest BCUT2D eigenvalue weighted by Crippen LogP contribution is 2.25. The molecule has 0 bridgehead atoms. The summed E-state index contributed by atoms with van der Waals surface area (Å²) in [6.07, 6.45) is 1.19. The molecule has 4 rings (SSSR count). The number of hydrogen-bond donors (Lipinski definition) is 0. The van der Waals surface area contributed by atoms with Crippen molar-refractivity contribution in [1.29, 1.82) is 0 Å². The second kappa shape index (κ2) is 24.0. The third-order valence-corrected chi connectivity index (χ3v) is 5.74. The van der Waals surface area contributed by atoms with Crippen LogP contribution in [0, 0.1) is 5.92 Å². The van der Waals surface area contributed by atoms with Crippen LogP contribution in [0.2, 0.25) is 0 Å². The summed E-state index contributed by atoms with van der Waals surface area (Å²) in [7, 11) is 0. The minimum Gasteiger partial charge on any atom is -0.0776 e. The first kappa shape index (κ1) is 44.2. The SMILES string of the molecule is C.C.C.CC.CC(C)(C)c1ccccc1.CC(C)C.CCC(C)(C)c1ccccc1.c1ccc2ccccc2c1. The molecule has 226 valence electrons. The fraction of sp³-hybridized carbons (Fsp3) is 0.450. The highest BCUT2D eigenvalue weighted by molar-refractivity contribution is 5.82. The van der Waals surface area contributed by atoms with Crippen LogP contribution in [-0.4, -0.2) is 0 Å². The predicted molar refractivity (Wildman–Crippen MR) is 191 cm³/mol. The Balaban J connectivity index is -0.000000214. The van der Waals surface area contributed by atoms with Gasteiger partial charge >= 0.3 is 0 Å². The molecule has 0 unspecified atom stereocenters. The molecule has 0 aliphatic carbocycles. The van der Waals surface area contributed by atoms with Crippen LogP contribution in [0.15, 0.2) is 109 Å². The van der Waals surface area contributed by atoms with Gasteiger partial charge in [0.25, 0.3) is 0 Å².